The van der Waals surface area contributed by atoms with E-state index in [9.17, 15) is 4.79 Å². The van der Waals surface area contributed by atoms with Crippen molar-refractivity contribution in [1.82, 2.24) is 19.8 Å². The van der Waals surface area contributed by atoms with Gasteiger partial charge >= 0.3 is 0 Å². The molecule has 0 aliphatic rings. The summed E-state index contributed by atoms with van der Waals surface area (Å²) in [6.07, 6.45) is 1.89. The molecule has 2 aromatic rings. The van der Waals surface area contributed by atoms with E-state index in [2.05, 4.69) is 24.0 Å². The Morgan fingerprint density at radius 1 is 1.25 bits per heavy atom. The lowest BCUT2D eigenvalue weighted by Crippen LogP contribution is -2.34. The molecule has 0 atom stereocenters. The van der Waals surface area contributed by atoms with E-state index < -0.39 is 0 Å². The monoisotopic (exact) mass is 367 g/mol. The van der Waals surface area contributed by atoms with Gasteiger partial charge in [0.25, 0.3) is 0 Å². The number of benzene rings is 1. The van der Waals surface area contributed by atoms with Crippen LogP contribution in [0.15, 0.2) is 29.4 Å². The predicted molar refractivity (Wildman–Crippen MR) is 98.5 cm³/mol. The first kappa shape index (κ1) is 18.6. The molecular weight excluding hydrogens is 346 g/mol. The van der Waals surface area contributed by atoms with Crippen LogP contribution in [0.25, 0.3) is 11.4 Å². The Hall–Kier alpha value is -1.73. The van der Waals surface area contributed by atoms with Gasteiger partial charge in [0.15, 0.2) is 5.82 Å². The van der Waals surface area contributed by atoms with E-state index in [4.69, 9.17) is 17.4 Å². The van der Waals surface area contributed by atoms with Crippen molar-refractivity contribution in [3.63, 3.8) is 0 Å². The lowest BCUT2D eigenvalue weighted by atomic mass is 10.2. The van der Waals surface area contributed by atoms with Crippen LogP contribution in [0.4, 0.5) is 0 Å². The van der Waals surface area contributed by atoms with Gasteiger partial charge in [0.2, 0.25) is 11.1 Å². The number of hydrogen-bond donors (Lipinski definition) is 1. The Kier molecular flexibility index (Phi) is 6.93. The van der Waals surface area contributed by atoms with Crippen LogP contribution >= 0.6 is 23.4 Å². The summed E-state index contributed by atoms with van der Waals surface area (Å²) in [4.78, 5) is 14.2. The molecule has 2 N–H and O–H groups in total. The van der Waals surface area contributed by atoms with Crippen LogP contribution in [0.5, 0.6) is 0 Å². The van der Waals surface area contributed by atoms with E-state index in [1.165, 1.54) is 16.4 Å². The third-order valence-electron chi connectivity index (χ3n) is 3.44. The fourth-order valence-electron chi connectivity index (χ4n) is 2.32. The number of carbonyl (C=O) groups excluding carboxylic acids is 1. The van der Waals surface area contributed by atoms with E-state index in [0.717, 1.165) is 25.9 Å². The van der Waals surface area contributed by atoms with Crippen molar-refractivity contribution < 1.29 is 4.79 Å². The summed E-state index contributed by atoms with van der Waals surface area (Å²) in [6, 6.07) is 7.31. The van der Waals surface area contributed by atoms with Gasteiger partial charge in [-0.25, -0.2) is 4.68 Å². The van der Waals surface area contributed by atoms with Gasteiger partial charge in [0.1, 0.15) is 0 Å². The highest BCUT2D eigenvalue weighted by molar-refractivity contribution is 7.99. The third kappa shape index (κ3) is 4.42. The Morgan fingerprint density at radius 3 is 2.54 bits per heavy atom. The maximum absolute atomic E-state index is 12.3. The van der Waals surface area contributed by atoms with Crippen LogP contribution in [-0.2, 0) is 4.79 Å². The van der Waals surface area contributed by atoms with Crippen molar-refractivity contribution in [3.05, 3.63) is 29.3 Å². The van der Waals surface area contributed by atoms with Crippen LogP contribution in [0.3, 0.4) is 0 Å². The summed E-state index contributed by atoms with van der Waals surface area (Å²) < 4.78 is 1.38. The molecule has 0 saturated carbocycles. The molecule has 8 heteroatoms. The number of halogens is 1. The van der Waals surface area contributed by atoms with Gasteiger partial charge in [0, 0.05) is 18.7 Å². The third-order valence-corrected chi connectivity index (χ3v) is 4.70. The minimum Gasteiger partial charge on any atom is -0.342 e. The molecule has 1 aromatic carbocycles. The largest absolute Gasteiger partial charge is 0.342 e. The SMILES string of the molecule is CCCN(CCC)C(=O)CSc1nnc(-c2ccccc2Cl)n1N. The van der Waals surface area contributed by atoms with E-state index in [1.54, 1.807) is 6.07 Å². The molecule has 0 spiro atoms. The Balaban J connectivity index is 2.07. The number of carbonyl (C=O) groups is 1. The standard InChI is InChI=1S/C16H22ClN5OS/c1-3-9-21(10-4-2)14(23)11-24-16-20-19-15(22(16)18)12-7-5-6-8-13(12)17/h5-8H,3-4,9-11,18H2,1-2H3. The van der Waals surface area contributed by atoms with Gasteiger partial charge in [-0.15, -0.1) is 10.2 Å². The summed E-state index contributed by atoms with van der Waals surface area (Å²) in [6.45, 7) is 5.67. The number of nitrogens with zero attached hydrogens (tertiary/aromatic N) is 4. The van der Waals surface area contributed by atoms with Crippen molar-refractivity contribution in [2.24, 2.45) is 0 Å². The molecule has 0 aliphatic heterocycles. The summed E-state index contributed by atoms with van der Waals surface area (Å²) in [5, 5.41) is 9.23. The normalized spacial score (nSPS) is 10.8. The van der Waals surface area contributed by atoms with Gasteiger partial charge in [0.05, 0.1) is 10.8 Å². The zero-order valence-electron chi connectivity index (χ0n) is 13.9. The molecule has 24 heavy (non-hydrogen) atoms. The number of rotatable bonds is 8. The first-order valence-electron chi connectivity index (χ1n) is 7.94. The van der Waals surface area contributed by atoms with Crippen LogP contribution in [0.1, 0.15) is 26.7 Å². The molecular formula is C16H22ClN5OS. The first-order valence-corrected chi connectivity index (χ1v) is 9.30. The topological polar surface area (TPSA) is 77.0 Å². The van der Waals surface area contributed by atoms with Gasteiger partial charge < -0.3 is 10.7 Å². The second kappa shape index (κ2) is 8.94. The van der Waals surface area contributed by atoms with Gasteiger partial charge in [-0.05, 0) is 25.0 Å². The van der Waals surface area contributed by atoms with E-state index in [0.29, 0.717) is 21.6 Å². The van der Waals surface area contributed by atoms with Crippen LogP contribution in [0.2, 0.25) is 5.02 Å². The molecule has 0 unspecified atom stereocenters. The van der Waals surface area contributed by atoms with Crippen molar-refractivity contribution in [2.45, 2.75) is 31.8 Å². The number of hydrogen-bond acceptors (Lipinski definition) is 5. The molecule has 1 heterocycles. The van der Waals surface area contributed by atoms with E-state index >= 15 is 0 Å². The molecule has 0 aliphatic carbocycles. The average Bonchev–Trinajstić information content (AvgIpc) is 2.93. The zero-order valence-corrected chi connectivity index (χ0v) is 15.5. The van der Waals surface area contributed by atoms with Crippen LogP contribution in [0, 0.1) is 0 Å². The first-order chi connectivity index (χ1) is 11.6. The molecule has 6 nitrogen and oxygen atoms in total. The average molecular weight is 368 g/mol. The summed E-state index contributed by atoms with van der Waals surface area (Å²) in [7, 11) is 0. The molecule has 1 aromatic heterocycles. The van der Waals surface area contributed by atoms with Gasteiger partial charge in [-0.1, -0.05) is 49.3 Å². The fraction of sp³-hybridized carbons (Fsp3) is 0.438. The maximum Gasteiger partial charge on any atom is 0.233 e. The fourth-order valence-corrected chi connectivity index (χ4v) is 3.30. The minimum absolute atomic E-state index is 0.0889. The summed E-state index contributed by atoms with van der Waals surface area (Å²) in [5.41, 5.74) is 0.714. The van der Waals surface area contributed by atoms with Crippen LogP contribution in [-0.4, -0.2) is 44.5 Å². The highest BCUT2D eigenvalue weighted by Crippen LogP contribution is 2.27. The maximum atomic E-state index is 12.3. The smallest absolute Gasteiger partial charge is 0.233 e. The molecule has 0 bridgehead atoms. The van der Waals surface area contributed by atoms with Gasteiger partial charge in [-0.3, -0.25) is 4.79 Å². The number of nitrogens with two attached hydrogens (primary N) is 1. The molecule has 1 amide bonds. The zero-order chi connectivity index (χ0) is 17.5. The van der Waals surface area contributed by atoms with Crippen molar-refractivity contribution in [2.75, 3.05) is 24.7 Å². The van der Waals surface area contributed by atoms with E-state index in [1.807, 2.05) is 23.1 Å². The highest BCUT2D eigenvalue weighted by Gasteiger charge is 2.17. The molecule has 0 fully saturated rings. The van der Waals surface area contributed by atoms with Crippen molar-refractivity contribution in [3.8, 4) is 11.4 Å². The quantitative estimate of drug-likeness (QED) is 0.573. The molecule has 0 saturated heterocycles. The summed E-state index contributed by atoms with van der Waals surface area (Å²) in [5.74, 6) is 6.93. The van der Waals surface area contributed by atoms with E-state index in [-0.39, 0.29) is 11.7 Å². The molecule has 130 valence electrons. The number of thioether (sulfide) groups is 1. The lowest BCUT2D eigenvalue weighted by molar-refractivity contribution is -0.128. The van der Waals surface area contributed by atoms with Gasteiger partial charge in [-0.2, -0.15) is 0 Å². The molecule has 0 radical (unpaired) electrons. The van der Waals surface area contributed by atoms with Crippen molar-refractivity contribution in [1.29, 1.82) is 0 Å². The Bertz CT molecular complexity index is 685. The Labute approximate surface area is 151 Å². The predicted octanol–water partition coefficient (Wildman–Crippen LogP) is 3.05. The molecule has 2 rings (SSSR count). The number of aromatic nitrogens is 3. The Morgan fingerprint density at radius 2 is 1.92 bits per heavy atom. The highest BCUT2D eigenvalue weighted by atomic mass is 35.5. The minimum atomic E-state index is 0.0889. The van der Waals surface area contributed by atoms with Crippen molar-refractivity contribution >= 4 is 29.3 Å². The van der Waals surface area contributed by atoms with Crippen LogP contribution < -0.4 is 5.84 Å². The number of amides is 1. The second-order valence-electron chi connectivity index (χ2n) is 5.33. The summed E-state index contributed by atoms with van der Waals surface area (Å²) >= 11 is 7.46. The number of nitrogen functional groups attached to an aromatic ring is 1. The lowest BCUT2D eigenvalue weighted by Gasteiger charge is -2.21. The second-order valence-corrected chi connectivity index (χ2v) is 6.68.